The summed E-state index contributed by atoms with van der Waals surface area (Å²) < 4.78 is 0.693. The van der Waals surface area contributed by atoms with Gasteiger partial charge >= 0.3 is 0 Å². The third kappa shape index (κ3) is 6.46. The molecule has 0 atom stereocenters. The third-order valence-electron chi connectivity index (χ3n) is 2.99. The molecule has 2 aromatic rings. The van der Waals surface area contributed by atoms with Gasteiger partial charge in [0.2, 0.25) is 0 Å². The second-order valence-electron chi connectivity index (χ2n) is 4.61. The van der Waals surface area contributed by atoms with E-state index in [0.717, 1.165) is 5.56 Å². The highest BCUT2D eigenvalue weighted by molar-refractivity contribution is 9.10. The Kier molecular flexibility index (Phi) is 9.15. The molecule has 0 fully saturated rings. The zero-order valence-electron chi connectivity index (χ0n) is 12.7. The van der Waals surface area contributed by atoms with Crippen molar-refractivity contribution in [1.82, 2.24) is 0 Å². The highest BCUT2D eigenvalue weighted by atomic mass is 79.9. The van der Waals surface area contributed by atoms with Crippen molar-refractivity contribution in [3.8, 4) is 0 Å². The molecule has 2 nitrogen and oxygen atoms in total. The molecule has 0 aliphatic carbocycles. The molecule has 0 radical (unpaired) electrons. The van der Waals surface area contributed by atoms with E-state index in [1.165, 1.54) is 0 Å². The van der Waals surface area contributed by atoms with Crippen LogP contribution in [0.2, 0.25) is 5.02 Å². The van der Waals surface area contributed by atoms with Crippen LogP contribution in [-0.4, -0.2) is 17.4 Å². The van der Waals surface area contributed by atoms with Gasteiger partial charge in [0, 0.05) is 34.3 Å². The van der Waals surface area contributed by atoms with E-state index in [0.29, 0.717) is 33.8 Å². The Morgan fingerprint density at radius 3 is 2.22 bits per heavy atom. The van der Waals surface area contributed by atoms with Crippen molar-refractivity contribution in [2.24, 2.45) is 0 Å². The van der Waals surface area contributed by atoms with Gasteiger partial charge in [0.1, 0.15) is 0 Å². The van der Waals surface area contributed by atoms with E-state index in [-0.39, 0.29) is 11.6 Å². The number of ketones is 2. The fourth-order valence-electron chi connectivity index (χ4n) is 1.76. The Balaban J connectivity index is 0.000000231. The van der Waals surface area contributed by atoms with Gasteiger partial charge in [-0.15, -0.1) is 11.6 Å². The van der Waals surface area contributed by atoms with Gasteiger partial charge in [-0.3, -0.25) is 9.59 Å². The fraction of sp³-hybridized carbons (Fsp3) is 0.222. The summed E-state index contributed by atoms with van der Waals surface area (Å²) in [5.41, 5.74) is 1.40. The first-order chi connectivity index (χ1) is 11.0. The van der Waals surface area contributed by atoms with E-state index >= 15 is 0 Å². The summed E-state index contributed by atoms with van der Waals surface area (Å²) in [5.74, 6) is 0.609. The molecule has 0 unspecified atom stereocenters. The number of halogens is 3. The third-order valence-corrected chi connectivity index (χ3v) is 4.58. The number of carbonyl (C=O) groups excluding carboxylic acids is 2. The van der Waals surface area contributed by atoms with Crippen molar-refractivity contribution in [2.45, 2.75) is 19.8 Å². The number of hydrogen-bond donors (Lipinski definition) is 0. The molecule has 2 rings (SSSR count). The average Bonchev–Trinajstić information content (AvgIpc) is 2.58. The van der Waals surface area contributed by atoms with Crippen LogP contribution in [0.15, 0.2) is 53.0 Å². The maximum Gasteiger partial charge on any atom is 0.164 e. The standard InChI is InChI=1S/C9H8BrClO.C9H9ClO/c1-2-8(12)6-4-3-5-7(11)9(6)10;10-7-6-9(11)8-4-2-1-3-5-8/h3-5H,2H2,1H3;1-5H,6-7H2. The highest BCUT2D eigenvalue weighted by Crippen LogP contribution is 2.26. The van der Waals surface area contributed by atoms with E-state index in [9.17, 15) is 9.59 Å². The topological polar surface area (TPSA) is 34.1 Å². The summed E-state index contributed by atoms with van der Waals surface area (Å²) >= 11 is 14.5. The Morgan fingerprint density at radius 1 is 1.00 bits per heavy atom. The Morgan fingerprint density at radius 2 is 1.65 bits per heavy atom. The number of carbonyl (C=O) groups is 2. The zero-order valence-corrected chi connectivity index (χ0v) is 15.8. The molecule has 0 aliphatic rings. The van der Waals surface area contributed by atoms with Crippen LogP contribution >= 0.6 is 39.1 Å². The van der Waals surface area contributed by atoms with Crippen LogP contribution in [0.5, 0.6) is 0 Å². The largest absolute Gasteiger partial charge is 0.294 e. The van der Waals surface area contributed by atoms with E-state index in [1.807, 2.05) is 25.1 Å². The van der Waals surface area contributed by atoms with Gasteiger partial charge in [-0.05, 0) is 22.0 Å². The maximum absolute atomic E-state index is 11.3. The molecular formula is C18H17BrCl2O2. The lowest BCUT2D eigenvalue weighted by Gasteiger charge is -2.02. The SMILES string of the molecule is CCC(=O)c1cccc(Cl)c1Br.O=C(CCCl)c1ccccc1. The molecule has 23 heavy (non-hydrogen) atoms. The van der Waals surface area contributed by atoms with Crippen molar-refractivity contribution in [3.05, 3.63) is 69.2 Å². The summed E-state index contributed by atoms with van der Waals surface area (Å²) in [6.07, 6.45) is 0.921. The molecule has 0 bridgehead atoms. The van der Waals surface area contributed by atoms with E-state index in [1.54, 1.807) is 30.3 Å². The quantitative estimate of drug-likeness (QED) is 0.430. The first-order valence-electron chi connectivity index (χ1n) is 7.12. The second kappa shape index (κ2) is 10.6. The van der Waals surface area contributed by atoms with Gasteiger partial charge in [0.05, 0.1) is 5.02 Å². The van der Waals surface area contributed by atoms with E-state index < -0.39 is 0 Å². The number of hydrogen-bond acceptors (Lipinski definition) is 2. The Hall–Kier alpha value is -1.16. The van der Waals surface area contributed by atoms with Gasteiger partial charge in [0.25, 0.3) is 0 Å². The summed E-state index contributed by atoms with van der Waals surface area (Å²) in [7, 11) is 0. The van der Waals surface area contributed by atoms with Gasteiger partial charge in [-0.2, -0.15) is 0 Å². The smallest absolute Gasteiger partial charge is 0.164 e. The van der Waals surface area contributed by atoms with Crippen LogP contribution in [-0.2, 0) is 0 Å². The van der Waals surface area contributed by atoms with Crippen LogP contribution in [0.3, 0.4) is 0 Å². The lowest BCUT2D eigenvalue weighted by molar-refractivity contribution is 0.0980. The van der Waals surface area contributed by atoms with Crippen molar-refractivity contribution in [1.29, 1.82) is 0 Å². The van der Waals surface area contributed by atoms with Gasteiger partial charge in [-0.25, -0.2) is 0 Å². The normalized spacial score (nSPS) is 9.74. The Labute approximate surface area is 154 Å². The molecule has 0 spiro atoms. The molecule has 0 aromatic heterocycles. The molecule has 0 saturated heterocycles. The van der Waals surface area contributed by atoms with Crippen molar-refractivity contribution >= 4 is 50.7 Å². The molecule has 0 amide bonds. The molecule has 0 saturated carbocycles. The zero-order chi connectivity index (χ0) is 17.2. The number of alkyl halides is 1. The number of Topliss-reactive ketones (excluding diaryl/α,β-unsaturated/α-hetero) is 2. The maximum atomic E-state index is 11.3. The van der Waals surface area contributed by atoms with E-state index in [2.05, 4.69) is 15.9 Å². The summed E-state index contributed by atoms with van der Waals surface area (Å²) in [4.78, 5) is 22.5. The van der Waals surface area contributed by atoms with Crippen LogP contribution in [0.25, 0.3) is 0 Å². The van der Waals surface area contributed by atoms with Crippen molar-refractivity contribution in [2.75, 3.05) is 5.88 Å². The Bertz CT molecular complexity index is 657. The molecule has 0 aliphatic heterocycles. The monoisotopic (exact) mass is 414 g/mol. The predicted molar refractivity (Wildman–Crippen MR) is 99.9 cm³/mol. The number of benzene rings is 2. The minimum absolute atomic E-state index is 0.101. The van der Waals surface area contributed by atoms with Crippen LogP contribution in [0.1, 0.15) is 40.5 Å². The summed E-state index contributed by atoms with van der Waals surface area (Å²) in [6.45, 7) is 1.83. The van der Waals surface area contributed by atoms with E-state index in [4.69, 9.17) is 23.2 Å². The molecule has 0 heterocycles. The molecular weight excluding hydrogens is 399 g/mol. The van der Waals surface area contributed by atoms with Gasteiger partial charge < -0.3 is 0 Å². The fourth-order valence-corrected chi connectivity index (χ4v) is 2.60. The average molecular weight is 416 g/mol. The summed E-state index contributed by atoms with van der Waals surface area (Å²) in [5, 5.41) is 0.578. The minimum atomic E-state index is 0.101. The molecule has 122 valence electrons. The lowest BCUT2D eigenvalue weighted by Crippen LogP contribution is -1.98. The predicted octanol–water partition coefficient (Wildman–Crippen LogP) is 6.19. The second-order valence-corrected chi connectivity index (χ2v) is 6.18. The highest BCUT2D eigenvalue weighted by Gasteiger charge is 2.09. The summed E-state index contributed by atoms with van der Waals surface area (Å²) in [6, 6.07) is 14.5. The van der Waals surface area contributed by atoms with Gasteiger partial charge in [0.15, 0.2) is 11.6 Å². The number of rotatable bonds is 5. The van der Waals surface area contributed by atoms with Crippen LogP contribution < -0.4 is 0 Å². The van der Waals surface area contributed by atoms with Gasteiger partial charge in [-0.1, -0.05) is 61.0 Å². The molecule has 5 heteroatoms. The van der Waals surface area contributed by atoms with Crippen molar-refractivity contribution in [3.63, 3.8) is 0 Å². The van der Waals surface area contributed by atoms with Crippen molar-refractivity contribution < 1.29 is 9.59 Å². The lowest BCUT2D eigenvalue weighted by atomic mass is 10.1. The minimum Gasteiger partial charge on any atom is -0.294 e. The van der Waals surface area contributed by atoms with Crippen LogP contribution in [0, 0.1) is 0 Å². The first kappa shape index (κ1) is 19.9. The van der Waals surface area contributed by atoms with Crippen LogP contribution in [0.4, 0.5) is 0 Å². The first-order valence-corrected chi connectivity index (χ1v) is 8.83. The molecule has 0 N–H and O–H groups in total. The molecule has 2 aromatic carbocycles.